The van der Waals surface area contributed by atoms with E-state index < -0.39 is 11.4 Å². The van der Waals surface area contributed by atoms with Crippen LogP contribution in [0.25, 0.3) is 0 Å². The van der Waals surface area contributed by atoms with Crippen LogP contribution in [0.15, 0.2) is 0 Å². The Kier molecular flexibility index (Phi) is 28.2. The third-order valence-electron chi connectivity index (χ3n) is 9.92. The second kappa shape index (κ2) is 28.6. The number of aliphatic carboxylic acids is 1. The summed E-state index contributed by atoms with van der Waals surface area (Å²) in [7, 11) is 0. The fourth-order valence-corrected chi connectivity index (χ4v) is 7.13. The first-order chi connectivity index (χ1) is 19.5. The molecule has 0 amide bonds. The summed E-state index contributed by atoms with van der Waals surface area (Å²) in [5, 5.41) is 10.4. The van der Waals surface area contributed by atoms with E-state index in [-0.39, 0.29) is 0 Å². The van der Waals surface area contributed by atoms with Gasteiger partial charge in [0, 0.05) is 0 Å². The Labute approximate surface area is 253 Å². The molecule has 0 heterocycles. The highest BCUT2D eigenvalue weighted by Gasteiger charge is 2.44. The van der Waals surface area contributed by atoms with Gasteiger partial charge in [-0.2, -0.15) is 0 Å². The van der Waals surface area contributed by atoms with Crippen molar-refractivity contribution in [2.24, 2.45) is 17.3 Å². The fraction of sp³-hybridized carbons (Fsp3) is 0.974. The zero-order chi connectivity index (χ0) is 29.7. The van der Waals surface area contributed by atoms with Crippen LogP contribution in [-0.4, -0.2) is 11.1 Å². The molecule has 0 aromatic carbocycles. The van der Waals surface area contributed by atoms with Crippen LogP contribution in [0.3, 0.4) is 0 Å². The second-order valence-corrected chi connectivity index (χ2v) is 13.7. The molecular formula is C38H76O2. The molecule has 0 aliphatic carbocycles. The van der Waals surface area contributed by atoms with E-state index in [2.05, 4.69) is 34.6 Å². The Morgan fingerprint density at radius 2 is 0.800 bits per heavy atom. The molecule has 0 saturated heterocycles. The number of unbranched alkanes of at least 4 members (excludes halogenated alkanes) is 24. The number of carboxylic acid groups (broad SMARTS) is 1. The van der Waals surface area contributed by atoms with Crippen molar-refractivity contribution in [2.75, 3.05) is 0 Å². The number of hydrogen-bond donors (Lipinski definition) is 1. The Hall–Kier alpha value is -0.530. The molecule has 2 heteroatoms. The smallest absolute Gasteiger partial charge is 0.309 e. The lowest BCUT2D eigenvalue weighted by molar-refractivity contribution is -0.155. The predicted octanol–water partition coefficient (Wildman–Crippen LogP) is 13.7. The van der Waals surface area contributed by atoms with Crippen LogP contribution >= 0.6 is 0 Å². The summed E-state index contributed by atoms with van der Waals surface area (Å²) in [6, 6.07) is 0. The molecule has 0 rings (SSSR count). The molecule has 40 heavy (non-hydrogen) atoms. The number of carboxylic acids is 1. The summed E-state index contributed by atoms with van der Waals surface area (Å²) < 4.78 is 0. The lowest BCUT2D eigenvalue weighted by atomic mass is 9.64. The Morgan fingerprint density at radius 1 is 0.500 bits per heavy atom. The van der Waals surface area contributed by atoms with Crippen molar-refractivity contribution in [1.82, 2.24) is 0 Å². The van der Waals surface area contributed by atoms with Crippen LogP contribution in [0, 0.1) is 17.3 Å². The highest BCUT2D eigenvalue weighted by molar-refractivity contribution is 5.75. The number of hydrogen-bond acceptors (Lipinski definition) is 1. The van der Waals surface area contributed by atoms with Gasteiger partial charge in [0.05, 0.1) is 5.41 Å². The van der Waals surface area contributed by atoms with E-state index in [0.717, 1.165) is 25.7 Å². The van der Waals surface area contributed by atoms with Gasteiger partial charge in [-0.1, -0.05) is 202 Å². The van der Waals surface area contributed by atoms with Crippen molar-refractivity contribution in [1.29, 1.82) is 0 Å². The largest absolute Gasteiger partial charge is 0.481 e. The molecule has 2 atom stereocenters. The lowest BCUT2D eigenvalue weighted by Crippen LogP contribution is -2.41. The molecule has 0 aromatic rings. The maximum absolute atomic E-state index is 12.7. The first-order valence-electron chi connectivity index (χ1n) is 18.7. The predicted molar refractivity (Wildman–Crippen MR) is 179 cm³/mol. The molecule has 0 aliphatic heterocycles. The Balaban J connectivity index is 4.15. The molecule has 2 nitrogen and oxygen atoms in total. The summed E-state index contributed by atoms with van der Waals surface area (Å²) in [5.74, 6) is 0.220. The van der Waals surface area contributed by atoms with Gasteiger partial charge in [0.25, 0.3) is 0 Å². The third-order valence-corrected chi connectivity index (χ3v) is 9.92. The van der Waals surface area contributed by atoms with Gasteiger partial charge in [0.15, 0.2) is 0 Å². The quantitative estimate of drug-likeness (QED) is 0.0825. The maximum Gasteiger partial charge on any atom is 0.309 e. The molecule has 0 fully saturated rings. The van der Waals surface area contributed by atoms with E-state index in [9.17, 15) is 9.90 Å². The molecule has 2 unspecified atom stereocenters. The van der Waals surface area contributed by atoms with E-state index in [4.69, 9.17) is 0 Å². The van der Waals surface area contributed by atoms with Gasteiger partial charge in [0.1, 0.15) is 0 Å². The van der Waals surface area contributed by atoms with Crippen LogP contribution in [0.2, 0.25) is 0 Å². The number of carbonyl (C=O) groups is 1. The number of rotatable bonds is 32. The average Bonchev–Trinajstić information content (AvgIpc) is 2.94. The zero-order valence-electron chi connectivity index (χ0n) is 28.5. The highest BCUT2D eigenvalue weighted by Crippen LogP contribution is 2.44. The monoisotopic (exact) mass is 565 g/mol. The minimum absolute atomic E-state index is 0.306. The van der Waals surface area contributed by atoms with Gasteiger partial charge in [-0.3, -0.25) is 4.79 Å². The molecular weight excluding hydrogens is 488 g/mol. The van der Waals surface area contributed by atoms with Crippen LogP contribution in [0.4, 0.5) is 0 Å². The van der Waals surface area contributed by atoms with Crippen LogP contribution in [0.1, 0.15) is 221 Å². The summed E-state index contributed by atoms with van der Waals surface area (Å²) in [4.78, 5) is 12.7. The van der Waals surface area contributed by atoms with Crippen molar-refractivity contribution in [3.63, 3.8) is 0 Å². The van der Waals surface area contributed by atoms with Crippen molar-refractivity contribution in [3.05, 3.63) is 0 Å². The molecule has 0 saturated carbocycles. The fourth-order valence-electron chi connectivity index (χ4n) is 7.13. The van der Waals surface area contributed by atoms with Gasteiger partial charge < -0.3 is 5.11 Å². The summed E-state index contributed by atoms with van der Waals surface area (Å²) in [6.07, 6.45) is 38.0. The van der Waals surface area contributed by atoms with Gasteiger partial charge in [-0.15, -0.1) is 0 Å². The van der Waals surface area contributed by atoms with Crippen molar-refractivity contribution >= 4 is 5.97 Å². The minimum Gasteiger partial charge on any atom is -0.481 e. The SMILES string of the molecule is CCCCCCCCCCCCCCCC(C(C)C)C(CC)(CCCCCCCCCCCCCCC)C(=O)O. The van der Waals surface area contributed by atoms with Crippen LogP contribution in [-0.2, 0) is 4.79 Å². The van der Waals surface area contributed by atoms with E-state index >= 15 is 0 Å². The summed E-state index contributed by atoms with van der Waals surface area (Å²) in [5.41, 5.74) is -0.525. The van der Waals surface area contributed by atoms with E-state index in [1.807, 2.05) is 0 Å². The van der Waals surface area contributed by atoms with E-state index in [1.54, 1.807) is 0 Å². The topological polar surface area (TPSA) is 37.3 Å². The Morgan fingerprint density at radius 3 is 1.07 bits per heavy atom. The maximum atomic E-state index is 12.7. The first-order valence-corrected chi connectivity index (χ1v) is 18.7. The molecule has 1 N–H and O–H groups in total. The van der Waals surface area contributed by atoms with Crippen molar-refractivity contribution in [3.8, 4) is 0 Å². The molecule has 0 bridgehead atoms. The average molecular weight is 565 g/mol. The van der Waals surface area contributed by atoms with E-state index in [0.29, 0.717) is 11.8 Å². The minimum atomic E-state index is -0.526. The molecule has 0 aromatic heterocycles. The zero-order valence-corrected chi connectivity index (χ0v) is 28.5. The van der Waals surface area contributed by atoms with E-state index in [1.165, 1.54) is 161 Å². The van der Waals surface area contributed by atoms with Gasteiger partial charge >= 0.3 is 5.97 Å². The van der Waals surface area contributed by atoms with Gasteiger partial charge in [0.2, 0.25) is 0 Å². The van der Waals surface area contributed by atoms with Gasteiger partial charge in [-0.25, -0.2) is 0 Å². The Bertz CT molecular complexity index is 528. The molecule has 240 valence electrons. The molecule has 0 spiro atoms. The summed E-state index contributed by atoms with van der Waals surface area (Å²) in [6.45, 7) is 11.2. The molecule has 0 aliphatic rings. The highest BCUT2D eigenvalue weighted by atomic mass is 16.4. The molecule has 0 radical (unpaired) electrons. The normalized spacial score (nSPS) is 14.1. The lowest BCUT2D eigenvalue weighted by Gasteiger charge is -2.39. The third kappa shape index (κ3) is 20.4. The van der Waals surface area contributed by atoms with Crippen molar-refractivity contribution < 1.29 is 9.90 Å². The first kappa shape index (κ1) is 39.5. The summed E-state index contributed by atoms with van der Waals surface area (Å²) >= 11 is 0. The van der Waals surface area contributed by atoms with Crippen LogP contribution in [0.5, 0.6) is 0 Å². The second-order valence-electron chi connectivity index (χ2n) is 13.7. The van der Waals surface area contributed by atoms with Crippen LogP contribution < -0.4 is 0 Å². The standard InChI is InChI=1S/C38H76O2/c1-6-9-11-13-15-17-19-21-23-25-27-29-31-33-36(35(4)5)38(8-3,37(39)40)34-32-30-28-26-24-22-20-18-16-14-12-10-7-2/h35-36H,6-34H2,1-5H3,(H,39,40). The van der Waals surface area contributed by atoms with Gasteiger partial charge in [-0.05, 0) is 31.1 Å². The van der Waals surface area contributed by atoms with Crippen molar-refractivity contribution in [2.45, 2.75) is 221 Å².